The van der Waals surface area contributed by atoms with Crippen molar-refractivity contribution in [1.29, 1.82) is 0 Å². The summed E-state index contributed by atoms with van der Waals surface area (Å²) in [6.45, 7) is 3.38. The van der Waals surface area contributed by atoms with E-state index in [-0.39, 0.29) is 17.3 Å². The Morgan fingerprint density at radius 1 is 0.933 bits per heavy atom. The van der Waals surface area contributed by atoms with E-state index < -0.39 is 22.5 Å². The van der Waals surface area contributed by atoms with Crippen LogP contribution in [0.1, 0.15) is 16.7 Å². The van der Waals surface area contributed by atoms with E-state index in [2.05, 4.69) is 15.4 Å². The average molecular weight is 434 g/mol. The molecule has 3 N–H and O–H groups in total. The number of sulfonamides is 1. The van der Waals surface area contributed by atoms with Gasteiger partial charge >= 0.3 is 0 Å². The predicted molar refractivity (Wildman–Crippen MR) is 114 cm³/mol. The molecule has 2 aromatic rings. The normalized spacial score (nSPS) is 11.0. The maximum Gasteiger partial charge on any atom is 0.241 e. The Bertz CT molecular complexity index is 1010. The summed E-state index contributed by atoms with van der Waals surface area (Å²) in [4.78, 5) is 23.9. The number of hydrogen-bond acceptors (Lipinski definition) is 5. The van der Waals surface area contributed by atoms with Crippen molar-refractivity contribution in [3.63, 3.8) is 0 Å². The molecule has 8 nitrogen and oxygen atoms in total. The number of methoxy groups -OCH3 is 1. The molecule has 9 heteroatoms. The van der Waals surface area contributed by atoms with E-state index >= 15 is 0 Å². The van der Waals surface area contributed by atoms with Crippen molar-refractivity contribution in [3.05, 3.63) is 59.2 Å². The van der Waals surface area contributed by atoms with Gasteiger partial charge in [-0.3, -0.25) is 9.59 Å². The zero-order valence-corrected chi connectivity index (χ0v) is 18.1. The van der Waals surface area contributed by atoms with E-state index in [1.807, 2.05) is 38.1 Å². The van der Waals surface area contributed by atoms with Gasteiger partial charge in [-0.1, -0.05) is 24.3 Å². The van der Waals surface area contributed by atoms with Crippen LogP contribution >= 0.6 is 0 Å². The molecule has 0 bridgehead atoms. The van der Waals surface area contributed by atoms with Gasteiger partial charge in [0.05, 0.1) is 25.1 Å². The number of hydrogen-bond donors (Lipinski definition) is 3. The zero-order valence-electron chi connectivity index (χ0n) is 17.3. The number of carbonyl (C=O) groups excluding carboxylic acids is 2. The second kappa shape index (κ2) is 10.7. The monoisotopic (exact) mass is 433 g/mol. The lowest BCUT2D eigenvalue weighted by Crippen LogP contribution is -2.42. The van der Waals surface area contributed by atoms with Crippen LogP contribution in [0.4, 0.5) is 0 Å². The van der Waals surface area contributed by atoms with Gasteiger partial charge in [0.1, 0.15) is 5.75 Å². The molecule has 0 saturated heterocycles. The highest BCUT2D eigenvalue weighted by atomic mass is 32.2. The van der Waals surface area contributed by atoms with E-state index in [0.717, 1.165) is 22.4 Å². The lowest BCUT2D eigenvalue weighted by Gasteiger charge is -2.10. The van der Waals surface area contributed by atoms with Gasteiger partial charge in [-0.05, 0) is 55.2 Å². The molecule has 0 fully saturated rings. The lowest BCUT2D eigenvalue weighted by molar-refractivity contribution is -0.125. The van der Waals surface area contributed by atoms with Crippen LogP contribution in [0.15, 0.2) is 47.4 Å². The summed E-state index contributed by atoms with van der Waals surface area (Å²) in [7, 11) is -2.22. The Morgan fingerprint density at radius 2 is 1.63 bits per heavy atom. The third-order valence-electron chi connectivity index (χ3n) is 4.57. The summed E-state index contributed by atoms with van der Waals surface area (Å²) < 4.78 is 32.1. The summed E-state index contributed by atoms with van der Waals surface area (Å²) in [5.41, 5.74) is 2.78. The minimum Gasteiger partial charge on any atom is -0.496 e. The quantitative estimate of drug-likeness (QED) is 0.519. The number of amides is 2. The molecule has 0 heterocycles. The Morgan fingerprint density at radius 3 is 2.33 bits per heavy atom. The topological polar surface area (TPSA) is 114 Å². The number of ether oxygens (including phenoxy) is 1. The Kier molecular flexibility index (Phi) is 8.37. The first kappa shape index (κ1) is 23.4. The van der Waals surface area contributed by atoms with Crippen LogP contribution in [0.5, 0.6) is 5.75 Å². The molecule has 0 aromatic heterocycles. The number of carbonyl (C=O) groups is 2. The van der Waals surface area contributed by atoms with Gasteiger partial charge in [0.15, 0.2) is 0 Å². The Labute approximate surface area is 177 Å². The van der Waals surface area contributed by atoms with Crippen molar-refractivity contribution in [2.45, 2.75) is 25.2 Å². The highest BCUT2D eigenvalue weighted by Gasteiger charge is 2.16. The fourth-order valence-corrected chi connectivity index (χ4v) is 3.74. The van der Waals surface area contributed by atoms with Crippen LogP contribution in [0.3, 0.4) is 0 Å². The molecule has 2 rings (SSSR count). The summed E-state index contributed by atoms with van der Waals surface area (Å²) in [5.74, 6) is -0.214. The Balaban J connectivity index is 1.73. The van der Waals surface area contributed by atoms with Gasteiger partial charge in [0.2, 0.25) is 21.8 Å². The number of para-hydroxylation sites is 1. The molecule has 0 aliphatic heterocycles. The summed E-state index contributed by atoms with van der Waals surface area (Å²) >= 11 is 0. The second-order valence-corrected chi connectivity index (χ2v) is 8.53. The second-order valence-electron chi connectivity index (χ2n) is 6.76. The van der Waals surface area contributed by atoms with Crippen LogP contribution < -0.4 is 20.1 Å². The maximum absolute atomic E-state index is 12.3. The van der Waals surface area contributed by atoms with Gasteiger partial charge in [0.25, 0.3) is 0 Å². The first-order chi connectivity index (χ1) is 14.2. The molecule has 0 atom stereocenters. The molecule has 0 saturated carbocycles. The van der Waals surface area contributed by atoms with E-state index in [9.17, 15) is 18.0 Å². The van der Waals surface area contributed by atoms with Crippen molar-refractivity contribution in [2.24, 2.45) is 0 Å². The van der Waals surface area contributed by atoms with Gasteiger partial charge in [-0.25, -0.2) is 13.1 Å². The van der Waals surface area contributed by atoms with E-state index in [4.69, 9.17) is 4.74 Å². The smallest absolute Gasteiger partial charge is 0.241 e. The van der Waals surface area contributed by atoms with Crippen molar-refractivity contribution >= 4 is 21.8 Å². The molecular formula is C21H27N3O5S. The summed E-state index contributed by atoms with van der Waals surface area (Å²) in [6.07, 6.45) is 0.583. The highest BCUT2D eigenvalue weighted by Crippen LogP contribution is 2.17. The minimum absolute atomic E-state index is 0.0903. The van der Waals surface area contributed by atoms with Crippen LogP contribution in [0.25, 0.3) is 0 Å². The van der Waals surface area contributed by atoms with Crippen LogP contribution in [-0.4, -0.2) is 47.0 Å². The van der Waals surface area contributed by atoms with Crippen LogP contribution in [0, 0.1) is 13.8 Å². The molecule has 0 aliphatic rings. The number of aryl methyl sites for hydroxylation is 2. The Hall–Kier alpha value is -2.91. The largest absolute Gasteiger partial charge is 0.496 e. The zero-order chi connectivity index (χ0) is 22.1. The average Bonchev–Trinajstić information content (AvgIpc) is 2.73. The predicted octanol–water partition coefficient (Wildman–Crippen LogP) is 1.07. The van der Waals surface area contributed by atoms with E-state index in [0.29, 0.717) is 13.0 Å². The lowest BCUT2D eigenvalue weighted by atomic mass is 10.1. The molecule has 162 valence electrons. The van der Waals surface area contributed by atoms with Gasteiger partial charge in [-0.2, -0.15) is 0 Å². The standard InChI is InChI=1S/C21H27N3O5S/c1-15-8-9-18(12-16(15)2)30(27,28)24-14-21(26)23-13-20(25)22-11-10-17-6-4-5-7-19(17)29-3/h4-9,12,24H,10-11,13-14H2,1-3H3,(H,22,25)(H,23,26). The van der Waals surface area contributed by atoms with Gasteiger partial charge < -0.3 is 15.4 Å². The number of rotatable bonds is 10. The maximum atomic E-state index is 12.3. The van der Waals surface area contributed by atoms with Crippen molar-refractivity contribution < 1.29 is 22.7 Å². The SMILES string of the molecule is COc1ccccc1CCNC(=O)CNC(=O)CNS(=O)(=O)c1ccc(C)c(C)c1. The highest BCUT2D eigenvalue weighted by molar-refractivity contribution is 7.89. The molecule has 30 heavy (non-hydrogen) atoms. The third kappa shape index (κ3) is 6.85. The fraction of sp³-hybridized carbons (Fsp3) is 0.333. The molecule has 0 radical (unpaired) electrons. The molecule has 0 unspecified atom stereocenters. The van der Waals surface area contributed by atoms with Crippen molar-refractivity contribution in [1.82, 2.24) is 15.4 Å². The molecule has 0 aliphatic carbocycles. The van der Waals surface area contributed by atoms with Crippen LogP contribution in [-0.2, 0) is 26.0 Å². The first-order valence-electron chi connectivity index (χ1n) is 9.45. The van der Waals surface area contributed by atoms with E-state index in [1.165, 1.54) is 6.07 Å². The van der Waals surface area contributed by atoms with Crippen molar-refractivity contribution in [3.8, 4) is 5.75 Å². The molecular weight excluding hydrogens is 406 g/mol. The molecule has 2 aromatic carbocycles. The van der Waals surface area contributed by atoms with Gasteiger partial charge in [-0.15, -0.1) is 0 Å². The third-order valence-corrected chi connectivity index (χ3v) is 5.97. The molecule has 0 spiro atoms. The fourth-order valence-electron chi connectivity index (χ4n) is 2.67. The first-order valence-corrected chi connectivity index (χ1v) is 10.9. The summed E-state index contributed by atoms with van der Waals surface area (Å²) in [5, 5.41) is 5.10. The summed E-state index contributed by atoms with van der Waals surface area (Å²) in [6, 6.07) is 12.2. The van der Waals surface area contributed by atoms with Crippen molar-refractivity contribution in [2.75, 3.05) is 26.7 Å². The number of nitrogens with one attached hydrogen (secondary N) is 3. The number of benzene rings is 2. The minimum atomic E-state index is -3.81. The van der Waals surface area contributed by atoms with E-state index in [1.54, 1.807) is 19.2 Å². The van der Waals surface area contributed by atoms with Crippen LogP contribution in [0.2, 0.25) is 0 Å². The van der Waals surface area contributed by atoms with Gasteiger partial charge in [0, 0.05) is 6.54 Å². The molecule has 2 amide bonds.